The first-order valence-electron chi connectivity index (χ1n) is 6.75. The van der Waals surface area contributed by atoms with E-state index in [1.165, 1.54) is 5.56 Å². The van der Waals surface area contributed by atoms with Gasteiger partial charge < -0.3 is 14.2 Å². The van der Waals surface area contributed by atoms with Gasteiger partial charge >= 0.3 is 0 Å². The van der Waals surface area contributed by atoms with Crippen molar-refractivity contribution in [3.05, 3.63) is 17.2 Å². The maximum atomic E-state index is 11.8. The van der Waals surface area contributed by atoms with Crippen LogP contribution in [-0.4, -0.2) is 44.4 Å². The third kappa shape index (κ3) is 1.39. The minimum Gasteiger partial charge on any atom is -0.492 e. The Morgan fingerprint density at radius 3 is 3.10 bits per heavy atom. The molecule has 1 saturated heterocycles. The number of carbonyl (C=O) groups is 1. The highest BCUT2D eigenvalue weighted by Crippen LogP contribution is 2.50. The second-order valence-corrected chi connectivity index (χ2v) is 5.80. The van der Waals surface area contributed by atoms with Crippen molar-refractivity contribution in [1.29, 1.82) is 0 Å². The predicted octanol–water partition coefficient (Wildman–Crippen LogP) is 0.555. The lowest BCUT2D eigenvalue weighted by molar-refractivity contribution is -0.927. The molecule has 0 saturated carbocycles. The van der Waals surface area contributed by atoms with Gasteiger partial charge in [0, 0.05) is 6.42 Å². The summed E-state index contributed by atoms with van der Waals surface area (Å²) in [6.07, 6.45) is 0.847. The number of likely N-dealkylation sites (N-methyl/N-ethyl adjacent to an activating group) is 1. The first kappa shape index (κ1) is 11.8. The van der Waals surface area contributed by atoms with Gasteiger partial charge in [0.1, 0.15) is 0 Å². The third-order valence-electron chi connectivity index (χ3n) is 4.54. The predicted molar refractivity (Wildman–Crippen MR) is 69.6 cm³/mol. The zero-order valence-electron chi connectivity index (χ0n) is 11.6. The number of nitrogens with one attached hydrogen (secondary N) is 1. The lowest BCUT2D eigenvalue weighted by atomic mass is 9.94. The van der Waals surface area contributed by atoms with Crippen molar-refractivity contribution in [2.75, 3.05) is 34.0 Å². The van der Waals surface area contributed by atoms with Crippen LogP contribution in [0.25, 0.3) is 0 Å². The molecule has 1 N–H and O–H groups in total. The number of fused-ring (bicyclic) bond motifs is 4. The van der Waals surface area contributed by atoms with Crippen LogP contribution in [-0.2, 0) is 11.2 Å². The number of nitrogens with zero attached hydrogens (tertiary/aromatic N) is 1. The summed E-state index contributed by atoms with van der Waals surface area (Å²) in [5.74, 6) is 2.18. The van der Waals surface area contributed by atoms with Crippen LogP contribution < -0.4 is 19.5 Å². The lowest BCUT2D eigenvalue weighted by Gasteiger charge is -2.39. The number of benzene rings is 1. The largest absolute Gasteiger partial charge is 0.492 e. The third-order valence-corrected chi connectivity index (χ3v) is 4.54. The second-order valence-electron chi connectivity index (χ2n) is 5.80. The number of quaternary nitrogens is 1. The van der Waals surface area contributed by atoms with E-state index < -0.39 is 0 Å². The molecule has 1 amide bonds. The number of amides is 1. The first-order valence-corrected chi connectivity index (χ1v) is 6.75. The van der Waals surface area contributed by atoms with E-state index in [4.69, 9.17) is 14.2 Å². The molecule has 6 nitrogen and oxygen atoms in total. The molecule has 1 fully saturated rings. The van der Waals surface area contributed by atoms with E-state index in [-0.39, 0.29) is 18.9 Å². The number of hydrogen-bond acceptors (Lipinski definition) is 4. The van der Waals surface area contributed by atoms with E-state index in [1.807, 2.05) is 6.07 Å². The lowest BCUT2D eigenvalue weighted by Crippen LogP contribution is -2.49. The topological polar surface area (TPSA) is 56.8 Å². The maximum Gasteiger partial charge on any atom is 0.280 e. The Kier molecular flexibility index (Phi) is 2.24. The Balaban J connectivity index is 1.93. The molecule has 3 heterocycles. The number of rotatable bonds is 1. The Hall–Kier alpha value is -1.95. The molecule has 0 bridgehead atoms. The first-order chi connectivity index (χ1) is 9.62. The highest BCUT2D eigenvalue weighted by atomic mass is 16.7. The summed E-state index contributed by atoms with van der Waals surface area (Å²) >= 11 is 0. The molecule has 1 aromatic rings. The van der Waals surface area contributed by atoms with Crippen molar-refractivity contribution in [3.63, 3.8) is 0 Å². The van der Waals surface area contributed by atoms with E-state index in [9.17, 15) is 4.79 Å². The Morgan fingerprint density at radius 2 is 2.30 bits per heavy atom. The van der Waals surface area contributed by atoms with Crippen molar-refractivity contribution in [1.82, 2.24) is 5.32 Å². The van der Waals surface area contributed by atoms with Crippen molar-refractivity contribution in [2.45, 2.75) is 12.6 Å². The van der Waals surface area contributed by atoms with Crippen LogP contribution in [0.5, 0.6) is 17.2 Å². The zero-order chi connectivity index (χ0) is 13.9. The van der Waals surface area contributed by atoms with Gasteiger partial charge in [0.2, 0.25) is 12.5 Å². The van der Waals surface area contributed by atoms with Crippen LogP contribution in [0.2, 0.25) is 0 Å². The van der Waals surface area contributed by atoms with E-state index in [1.54, 1.807) is 7.11 Å². The molecule has 0 spiro atoms. The minimum atomic E-state index is -0.0595. The summed E-state index contributed by atoms with van der Waals surface area (Å²) in [6.45, 7) is 1.67. The van der Waals surface area contributed by atoms with Gasteiger partial charge in [-0.3, -0.25) is 14.6 Å². The van der Waals surface area contributed by atoms with E-state index in [0.29, 0.717) is 22.5 Å². The minimum absolute atomic E-state index is 0.0595. The fourth-order valence-electron chi connectivity index (χ4n) is 3.53. The van der Waals surface area contributed by atoms with Crippen molar-refractivity contribution in [2.24, 2.45) is 0 Å². The number of ether oxygens (including phenoxy) is 3. The van der Waals surface area contributed by atoms with Gasteiger partial charge in [0.15, 0.2) is 24.2 Å². The van der Waals surface area contributed by atoms with E-state index in [0.717, 1.165) is 24.3 Å². The molecule has 20 heavy (non-hydrogen) atoms. The Labute approximate surface area is 116 Å². The van der Waals surface area contributed by atoms with E-state index >= 15 is 0 Å². The molecule has 2 atom stereocenters. The zero-order valence-corrected chi connectivity index (χ0v) is 11.6. The summed E-state index contributed by atoms with van der Waals surface area (Å²) in [4.78, 5) is 11.8. The summed E-state index contributed by atoms with van der Waals surface area (Å²) in [5.41, 5.74) is 2.21. The molecule has 3 aliphatic rings. The van der Waals surface area contributed by atoms with Gasteiger partial charge in [-0.05, 0) is 11.6 Å². The molecule has 6 heteroatoms. The number of hydrogen-bond donors (Lipinski definition) is 1. The SMILES string of the molecule is COc1c2c(cc3c1C1NC(=O)C[N+]1(C)CC3)OCO2. The molecule has 0 aromatic heterocycles. The van der Waals surface area contributed by atoms with Gasteiger partial charge in [-0.2, -0.15) is 0 Å². The molecule has 2 unspecified atom stereocenters. The van der Waals surface area contributed by atoms with Gasteiger partial charge in [-0.1, -0.05) is 0 Å². The van der Waals surface area contributed by atoms with Crippen LogP contribution in [0.1, 0.15) is 17.3 Å². The molecule has 106 valence electrons. The van der Waals surface area contributed by atoms with Crippen molar-refractivity contribution in [3.8, 4) is 17.2 Å². The highest BCUT2D eigenvalue weighted by Gasteiger charge is 2.49. The van der Waals surface area contributed by atoms with Crippen LogP contribution in [0.3, 0.4) is 0 Å². The molecular formula is C14H17N2O4+. The Morgan fingerprint density at radius 1 is 1.45 bits per heavy atom. The summed E-state index contributed by atoms with van der Waals surface area (Å²) in [6, 6.07) is 2.02. The van der Waals surface area contributed by atoms with Gasteiger partial charge in [0.25, 0.3) is 5.91 Å². The quantitative estimate of drug-likeness (QED) is 0.762. The van der Waals surface area contributed by atoms with Gasteiger partial charge in [-0.25, -0.2) is 0 Å². The summed E-state index contributed by atoms with van der Waals surface area (Å²) < 4.78 is 17.3. The van der Waals surface area contributed by atoms with Crippen molar-refractivity contribution >= 4 is 5.91 Å². The molecule has 3 aliphatic heterocycles. The molecular weight excluding hydrogens is 260 g/mol. The molecule has 0 aliphatic carbocycles. The molecule has 4 rings (SSSR count). The van der Waals surface area contributed by atoms with E-state index in [2.05, 4.69) is 12.4 Å². The monoisotopic (exact) mass is 277 g/mol. The normalized spacial score (nSPS) is 29.7. The Bertz CT molecular complexity index is 616. The van der Waals surface area contributed by atoms with Gasteiger partial charge in [-0.15, -0.1) is 0 Å². The maximum absolute atomic E-state index is 11.8. The molecule has 0 radical (unpaired) electrons. The number of methoxy groups -OCH3 is 1. The second kappa shape index (κ2) is 3.79. The standard InChI is InChI=1S/C14H16N2O4/c1-16-4-3-8-5-9-12(20-7-19-9)13(18-2)11(8)14(16)15-10(17)6-16/h5,14H,3-4,6-7H2,1-2H3/p+1. The highest BCUT2D eigenvalue weighted by molar-refractivity contribution is 5.79. The average molecular weight is 277 g/mol. The molecule has 1 aromatic carbocycles. The average Bonchev–Trinajstić information content (AvgIpc) is 2.98. The smallest absolute Gasteiger partial charge is 0.280 e. The van der Waals surface area contributed by atoms with Crippen LogP contribution >= 0.6 is 0 Å². The summed E-state index contributed by atoms with van der Waals surface area (Å²) in [7, 11) is 3.74. The fourth-order valence-corrected chi connectivity index (χ4v) is 3.53. The van der Waals surface area contributed by atoms with Gasteiger partial charge in [0.05, 0.1) is 26.3 Å². The number of carbonyl (C=O) groups excluding carboxylic acids is 1. The fraction of sp³-hybridized carbons (Fsp3) is 0.500. The van der Waals surface area contributed by atoms with Crippen molar-refractivity contribution < 1.29 is 23.5 Å². The van der Waals surface area contributed by atoms with Crippen LogP contribution in [0.4, 0.5) is 0 Å². The van der Waals surface area contributed by atoms with Crippen LogP contribution in [0, 0.1) is 0 Å². The summed E-state index contributed by atoms with van der Waals surface area (Å²) in [5, 5.41) is 3.08. The van der Waals surface area contributed by atoms with Crippen LogP contribution in [0.15, 0.2) is 6.07 Å².